The summed E-state index contributed by atoms with van der Waals surface area (Å²) in [5.41, 5.74) is 2.33. The predicted octanol–water partition coefficient (Wildman–Crippen LogP) is 6.51. The van der Waals surface area contributed by atoms with Crippen LogP contribution in [-0.4, -0.2) is 41.2 Å². The maximum absolute atomic E-state index is 13.6. The van der Waals surface area contributed by atoms with E-state index in [1.165, 1.54) is 9.78 Å². The van der Waals surface area contributed by atoms with Gasteiger partial charge in [0.25, 0.3) is 5.91 Å². The van der Waals surface area contributed by atoms with Gasteiger partial charge < -0.3 is 9.80 Å². The lowest BCUT2D eigenvalue weighted by atomic mass is 9.93. The van der Waals surface area contributed by atoms with Gasteiger partial charge in [0.1, 0.15) is 6.54 Å². The highest BCUT2D eigenvalue weighted by atomic mass is 35.5. The number of amides is 2. The first kappa shape index (κ1) is 23.8. The first-order valence-corrected chi connectivity index (χ1v) is 12.4. The fraction of sp³-hybridized carbons (Fsp3) is 0.200. The Labute approximate surface area is 212 Å². The molecule has 0 radical (unpaired) electrons. The minimum atomic E-state index is -0.339. The average molecular weight is 520 g/mol. The molecule has 8 heteroatoms. The van der Waals surface area contributed by atoms with Gasteiger partial charge >= 0.3 is 0 Å². The zero-order chi connectivity index (χ0) is 23.5. The quantitative estimate of drug-likeness (QED) is 0.348. The van der Waals surface area contributed by atoms with Crippen LogP contribution in [0.3, 0.4) is 0 Å². The van der Waals surface area contributed by atoms with Crippen LogP contribution in [0.2, 0.25) is 15.1 Å². The molecule has 2 heterocycles. The number of fused-ring (bicyclic) bond motifs is 1. The molecule has 1 atom stereocenters. The van der Waals surface area contributed by atoms with E-state index in [1.807, 2.05) is 17.5 Å². The van der Waals surface area contributed by atoms with Crippen LogP contribution in [0, 0.1) is 0 Å². The fourth-order valence-corrected chi connectivity index (χ4v) is 5.59. The van der Waals surface area contributed by atoms with Crippen molar-refractivity contribution >= 4 is 58.0 Å². The summed E-state index contributed by atoms with van der Waals surface area (Å²) >= 11 is 20.3. The molecule has 33 heavy (non-hydrogen) atoms. The summed E-state index contributed by atoms with van der Waals surface area (Å²) in [6.45, 7) is 4.45. The van der Waals surface area contributed by atoms with Gasteiger partial charge in [-0.1, -0.05) is 46.9 Å². The highest BCUT2D eigenvalue weighted by Crippen LogP contribution is 2.41. The van der Waals surface area contributed by atoms with E-state index in [0.717, 1.165) is 17.5 Å². The number of thiophene rings is 1. The Morgan fingerprint density at radius 1 is 1.06 bits per heavy atom. The molecule has 0 saturated carbocycles. The molecule has 0 spiro atoms. The lowest BCUT2D eigenvalue weighted by Gasteiger charge is -2.38. The molecule has 0 aliphatic carbocycles. The number of carbonyl (C=O) groups is 2. The Morgan fingerprint density at radius 2 is 1.79 bits per heavy atom. The van der Waals surface area contributed by atoms with Gasteiger partial charge in [-0.25, -0.2) is 0 Å². The number of nitrogens with zero attached hydrogens (tertiary/aromatic N) is 2. The largest absolute Gasteiger partial charge is 0.330 e. The lowest BCUT2D eigenvalue weighted by Crippen LogP contribution is -2.46. The van der Waals surface area contributed by atoms with Crippen molar-refractivity contribution in [2.45, 2.75) is 12.5 Å². The number of hydrogen-bond acceptors (Lipinski definition) is 3. The maximum atomic E-state index is 13.6. The van der Waals surface area contributed by atoms with Crippen molar-refractivity contribution in [3.05, 3.63) is 103 Å². The van der Waals surface area contributed by atoms with E-state index in [-0.39, 0.29) is 30.9 Å². The van der Waals surface area contributed by atoms with Crippen LogP contribution in [-0.2, 0) is 11.2 Å². The van der Waals surface area contributed by atoms with E-state index in [1.54, 1.807) is 58.7 Å². The van der Waals surface area contributed by atoms with Gasteiger partial charge in [0.05, 0.1) is 6.04 Å². The SMILES string of the molecule is C=CCN(CC(=O)N1CCc2sccc2C1c1ccc(Cl)cc1Cl)C(=O)c1ccc(Cl)cc1. The van der Waals surface area contributed by atoms with Gasteiger partial charge in [0, 0.05) is 38.6 Å². The van der Waals surface area contributed by atoms with Gasteiger partial charge in [0.15, 0.2) is 0 Å². The summed E-state index contributed by atoms with van der Waals surface area (Å²) in [4.78, 5) is 31.2. The average Bonchev–Trinajstić information content (AvgIpc) is 3.27. The van der Waals surface area contributed by atoms with Crippen LogP contribution in [0.25, 0.3) is 0 Å². The number of carbonyl (C=O) groups excluding carboxylic acids is 2. The third-order valence-corrected chi connectivity index (χ3v) is 7.41. The number of rotatable bonds is 6. The zero-order valence-electron chi connectivity index (χ0n) is 17.6. The number of benzene rings is 2. The minimum Gasteiger partial charge on any atom is -0.330 e. The number of hydrogen-bond donors (Lipinski definition) is 0. The van der Waals surface area contributed by atoms with Gasteiger partial charge in [-0.05, 0) is 65.4 Å². The summed E-state index contributed by atoms with van der Waals surface area (Å²) in [5, 5.41) is 3.61. The second-order valence-electron chi connectivity index (χ2n) is 7.69. The third kappa shape index (κ3) is 5.12. The molecule has 4 nitrogen and oxygen atoms in total. The van der Waals surface area contributed by atoms with Crippen molar-refractivity contribution < 1.29 is 9.59 Å². The summed E-state index contributed by atoms with van der Waals surface area (Å²) < 4.78 is 0. The minimum absolute atomic E-state index is 0.0747. The molecule has 170 valence electrons. The Hall–Kier alpha value is -2.31. The second-order valence-corrected chi connectivity index (χ2v) is 9.97. The lowest BCUT2D eigenvalue weighted by molar-refractivity contribution is -0.133. The summed E-state index contributed by atoms with van der Waals surface area (Å²) in [7, 11) is 0. The first-order chi connectivity index (χ1) is 15.9. The molecule has 4 rings (SSSR count). The van der Waals surface area contributed by atoms with Gasteiger partial charge in [-0.2, -0.15) is 0 Å². The molecule has 1 aromatic heterocycles. The highest BCUT2D eigenvalue weighted by molar-refractivity contribution is 7.10. The monoisotopic (exact) mass is 518 g/mol. The molecule has 0 saturated heterocycles. The maximum Gasteiger partial charge on any atom is 0.254 e. The van der Waals surface area contributed by atoms with Crippen LogP contribution < -0.4 is 0 Å². The van der Waals surface area contributed by atoms with Gasteiger partial charge in [-0.15, -0.1) is 17.9 Å². The summed E-state index contributed by atoms with van der Waals surface area (Å²) in [6.07, 6.45) is 2.37. The molecule has 1 unspecified atom stereocenters. The molecule has 1 aliphatic rings. The molecule has 3 aromatic rings. The van der Waals surface area contributed by atoms with Crippen LogP contribution in [0.4, 0.5) is 0 Å². The van der Waals surface area contributed by atoms with Crippen LogP contribution >= 0.6 is 46.1 Å². The Balaban J connectivity index is 1.64. The van der Waals surface area contributed by atoms with E-state index in [4.69, 9.17) is 34.8 Å². The zero-order valence-corrected chi connectivity index (χ0v) is 20.7. The molecular formula is C25H21Cl3N2O2S. The smallest absolute Gasteiger partial charge is 0.254 e. The Morgan fingerprint density at radius 3 is 2.48 bits per heavy atom. The topological polar surface area (TPSA) is 40.6 Å². The van der Waals surface area contributed by atoms with Crippen molar-refractivity contribution in [2.24, 2.45) is 0 Å². The second kappa shape index (κ2) is 10.3. The van der Waals surface area contributed by atoms with Gasteiger partial charge in [-0.3, -0.25) is 9.59 Å². The molecule has 0 N–H and O–H groups in total. The van der Waals surface area contributed by atoms with Crippen molar-refractivity contribution in [2.75, 3.05) is 19.6 Å². The van der Waals surface area contributed by atoms with E-state index in [9.17, 15) is 9.59 Å². The van der Waals surface area contributed by atoms with Crippen LogP contribution in [0.1, 0.15) is 32.4 Å². The number of halogens is 3. The van der Waals surface area contributed by atoms with E-state index in [0.29, 0.717) is 27.2 Å². The summed E-state index contributed by atoms with van der Waals surface area (Å²) in [6, 6.07) is 13.6. The summed E-state index contributed by atoms with van der Waals surface area (Å²) in [5.74, 6) is -0.416. The molecule has 0 fully saturated rings. The molecular weight excluding hydrogens is 499 g/mol. The Kier molecular flexibility index (Phi) is 7.45. The molecule has 0 bridgehead atoms. The standard InChI is InChI=1S/C25H21Cl3N2O2S/c1-2-11-29(25(32)16-3-5-17(26)6-4-16)15-23(31)30-12-9-22-20(10-13-33-22)24(30)19-8-7-18(27)14-21(19)28/h2-8,10,13-14,24H,1,9,11-12,15H2. The Bertz CT molecular complexity index is 1190. The molecule has 1 aliphatic heterocycles. The normalized spacial score (nSPS) is 15.1. The van der Waals surface area contributed by atoms with Crippen LogP contribution in [0.15, 0.2) is 66.6 Å². The third-order valence-electron chi connectivity index (χ3n) is 5.60. The van der Waals surface area contributed by atoms with Crippen molar-refractivity contribution in [1.29, 1.82) is 0 Å². The first-order valence-electron chi connectivity index (χ1n) is 10.4. The van der Waals surface area contributed by atoms with Crippen molar-refractivity contribution in [3.63, 3.8) is 0 Å². The molecule has 2 amide bonds. The van der Waals surface area contributed by atoms with E-state index >= 15 is 0 Å². The van der Waals surface area contributed by atoms with E-state index in [2.05, 4.69) is 6.58 Å². The predicted molar refractivity (Wildman–Crippen MR) is 136 cm³/mol. The van der Waals surface area contributed by atoms with Crippen molar-refractivity contribution in [3.8, 4) is 0 Å². The fourth-order valence-electron chi connectivity index (χ4n) is 4.05. The van der Waals surface area contributed by atoms with Crippen molar-refractivity contribution in [1.82, 2.24) is 9.80 Å². The highest BCUT2D eigenvalue weighted by Gasteiger charge is 2.35. The van der Waals surface area contributed by atoms with E-state index < -0.39 is 0 Å². The van der Waals surface area contributed by atoms with Gasteiger partial charge in [0.2, 0.25) is 5.91 Å². The van der Waals surface area contributed by atoms with Crippen LogP contribution in [0.5, 0.6) is 0 Å². The molecule has 2 aromatic carbocycles.